The molecular weight excluding hydrogens is 192 g/mol. The number of carbonyl (C=O) groups is 1. The van der Waals surface area contributed by atoms with Gasteiger partial charge in [0.25, 0.3) is 0 Å². The lowest BCUT2D eigenvalue weighted by molar-refractivity contribution is 0.0489. The highest BCUT2D eigenvalue weighted by atomic mass is 16.6. The quantitative estimate of drug-likeness (QED) is 0.710. The van der Waals surface area contributed by atoms with Crippen molar-refractivity contribution in [3.05, 3.63) is 0 Å². The van der Waals surface area contributed by atoms with E-state index in [-0.39, 0.29) is 6.09 Å². The molecule has 2 heterocycles. The summed E-state index contributed by atoms with van der Waals surface area (Å²) in [6.07, 6.45) is 0.932. The zero-order chi connectivity index (χ0) is 11.1. The zero-order valence-electron chi connectivity index (χ0n) is 9.75. The van der Waals surface area contributed by atoms with Gasteiger partial charge < -0.3 is 15.0 Å². The summed E-state index contributed by atoms with van der Waals surface area (Å²) in [5, 5.41) is 2.96. The van der Waals surface area contributed by atoms with E-state index in [1.807, 2.05) is 20.8 Å². The van der Waals surface area contributed by atoms with E-state index < -0.39 is 5.60 Å². The number of alkyl carbamates (subject to hydrolysis) is 1. The summed E-state index contributed by atoms with van der Waals surface area (Å²) in [5.74, 6) is 0.637. The van der Waals surface area contributed by atoms with Gasteiger partial charge >= 0.3 is 6.09 Å². The van der Waals surface area contributed by atoms with Crippen LogP contribution in [0.25, 0.3) is 0 Å². The second-order valence-corrected chi connectivity index (χ2v) is 5.56. The lowest BCUT2D eigenvalue weighted by Crippen LogP contribution is -2.45. The van der Waals surface area contributed by atoms with Crippen molar-refractivity contribution in [2.24, 2.45) is 5.92 Å². The number of fused-ring (bicyclic) bond motifs is 2. The lowest BCUT2D eigenvalue weighted by atomic mass is 10.0. The van der Waals surface area contributed by atoms with Crippen LogP contribution < -0.4 is 5.32 Å². The largest absolute Gasteiger partial charge is 0.444 e. The molecule has 86 valence electrons. The van der Waals surface area contributed by atoms with Gasteiger partial charge in [-0.15, -0.1) is 0 Å². The second kappa shape index (κ2) is 3.67. The van der Waals surface area contributed by atoms with Gasteiger partial charge in [-0.1, -0.05) is 0 Å². The number of amides is 1. The van der Waals surface area contributed by atoms with Crippen LogP contribution in [0.1, 0.15) is 27.2 Å². The van der Waals surface area contributed by atoms with E-state index in [1.165, 1.54) is 13.0 Å². The molecule has 2 rings (SSSR count). The highest BCUT2D eigenvalue weighted by molar-refractivity contribution is 5.68. The maximum Gasteiger partial charge on any atom is 0.407 e. The summed E-state index contributed by atoms with van der Waals surface area (Å²) in [6, 6.07) is 0.300. The van der Waals surface area contributed by atoms with E-state index in [1.54, 1.807) is 0 Å². The number of rotatable bonds is 1. The van der Waals surface area contributed by atoms with Gasteiger partial charge in [-0.3, -0.25) is 0 Å². The molecule has 0 aliphatic carbocycles. The standard InChI is InChI=1S/C11H20N2O2/c1-11(2,3)15-10(14)12-9-7-13-5-4-8(9)6-13/h8-9H,4-7H2,1-3H3,(H,12,14). The van der Waals surface area contributed by atoms with E-state index in [0.717, 1.165) is 13.1 Å². The number of ether oxygens (including phenoxy) is 1. The second-order valence-electron chi connectivity index (χ2n) is 5.56. The average Bonchev–Trinajstić information content (AvgIpc) is 2.60. The number of carbonyl (C=O) groups excluding carboxylic acids is 1. The number of nitrogens with one attached hydrogen (secondary N) is 1. The normalized spacial score (nSPS) is 34.2. The first-order chi connectivity index (χ1) is 6.94. The molecule has 2 saturated heterocycles. The van der Waals surface area contributed by atoms with E-state index >= 15 is 0 Å². The Balaban J connectivity index is 1.80. The minimum atomic E-state index is -0.401. The fourth-order valence-electron chi connectivity index (χ4n) is 2.41. The Morgan fingerprint density at radius 2 is 2.13 bits per heavy atom. The molecule has 0 aromatic heterocycles. The fourth-order valence-corrected chi connectivity index (χ4v) is 2.41. The van der Waals surface area contributed by atoms with Crippen LogP contribution >= 0.6 is 0 Å². The van der Waals surface area contributed by atoms with Crippen molar-refractivity contribution in [1.82, 2.24) is 10.2 Å². The van der Waals surface area contributed by atoms with Gasteiger partial charge in [0.05, 0.1) is 0 Å². The van der Waals surface area contributed by atoms with Crippen LogP contribution in [-0.4, -0.2) is 42.3 Å². The number of hydrogen-bond donors (Lipinski definition) is 1. The van der Waals surface area contributed by atoms with Crippen LogP contribution in [-0.2, 0) is 4.74 Å². The molecule has 3 atom stereocenters. The first-order valence-corrected chi connectivity index (χ1v) is 5.66. The van der Waals surface area contributed by atoms with Gasteiger partial charge in [-0.25, -0.2) is 4.79 Å². The van der Waals surface area contributed by atoms with Crippen molar-refractivity contribution >= 4 is 6.09 Å². The molecule has 4 heteroatoms. The van der Waals surface area contributed by atoms with Gasteiger partial charge in [0, 0.05) is 19.1 Å². The monoisotopic (exact) mass is 212 g/mol. The molecule has 0 aromatic rings. The Morgan fingerprint density at radius 1 is 1.40 bits per heavy atom. The zero-order valence-corrected chi connectivity index (χ0v) is 9.75. The predicted molar refractivity (Wildman–Crippen MR) is 57.7 cm³/mol. The molecule has 4 nitrogen and oxygen atoms in total. The van der Waals surface area contributed by atoms with Gasteiger partial charge in [-0.2, -0.15) is 0 Å². The number of hydrogen-bond acceptors (Lipinski definition) is 3. The van der Waals surface area contributed by atoms with Gasteiger partial charge in [-0.05, 0) is 39.7 Å². The molecule has 2 bridgehead atoms. The third-order valence-corrected chi connectivity index (χ3v) is 3.03. The first-order valence-electron chi connectivity index (χ1n) is 5.66. The van der Waals surface area contributed by atoms with Crippen LogP contribution in [0.5, 0.6) is 0 Å². The van der Waals surface area contributed by atoms with Crippen molar-refractivity contribution in [3.8, 4) is 0 Å². The first kappa shape index (κ1) is 10.7. The summed E-state index contributed by atoms with van der Waals surface area (Å²) in [5.41, 5.74) is -0.401. The third-order valence-electron chi connectivity index (χ3n) is 3.03. The molecule has 1 N–H and O–H groups in total. The van der Waals surface area contributed by atoms with Crippen LogP contribution in [0.3, 0.4) is 0 Å². The Morgan fingerprint density at radius 3 is 2.60 bits per heavy atom. The van der Waals surface area contributed by atoms with Crippen LogP contribution in [0.15, 0.2) is 0 Å². The van der Waals surface area contributed by atoms with Crippen molar-refractivity contribution in [2.75, 3.05) is 19.6 Å². The number of nitrogens with zero attached hydrogens (tertiary/aromatic N) is 1. The molecule has 1 amide bonds. The maximum absolute atomic E-state index is 11.5. The fraction of sp³-hybridized carbons (Fsp3) is 0.909. The van der Waals surface area contributed by atoms with E-state index in [4.69, 9.17) is 4.74 Å². The van der Waals surface area contributed by atoms with E-state index in [0.29, 0.717) is 12.0 Å². The molecule has 15 heavy (non-hydrogen) atoms. The minimum Gasteiger partial charge on any atom is -0.444 e. The van der Waals surface area contributed by atoms with Crippen molar-refractivity contribution < 1.29 is 9.53 Å². The Labute approximate surface area is 91.0 Å². The van der Waals surface area contributed by atoms with Crippen LogP contribution in [0, 0.1) is 5.92 Å². The summed E-state index contributed by atoms with van der Waals surface area (Å²) < 4.78 is 5.24. The molecule has 2 fully saturated rings. The summed E-state index contributed by atoms with van der Waals surface area (Å²) in [7, 11) is 0. The smallest absolute Gasteiger partial charge is 0.407 e. The molecule has 2 aliphatic heterocycles. The molecule has 0 aromatic carbocycles. The van der Waals surface area contributed by atoms with Gasteiger partial charge in [0.15, 0.2) is 0 Å². The van der Waals surface area contributed by atoms with Crippen molar-refractivity contribution in [2.45, 2.75) is 38.8 Å². The third kappa shape index (κ3) is 2.62. The molecular formula is C11H20N2O2. The topological polar surface area (TPSA) is 41.6 Å². The van der Waals surface area contributed by atoms with Crippen molar-refractivity contribution in [3.63, 3.8) is 0 Å². The highest BCUT2D eigenvalue weighted by Crippen LogP contribution is 2.27. The van der Waals surface area contributed by atoms with Gasteiger partial charge in [0.1, 0.15) is 5.60 Å². The summed E-state index contributed by atoms with van der Waals surface area (Å²) >= 11 is 0. The van der Waals surface area contributed by atoms with Crippen LogP contribution in [0.2, 0.25) is 0 Å². The maximum atomic E-state index is 11.5. The van der Waals surface area contributed by atoms with Gasteiger partial charge in [0.2, 0.25) is 0 Å². The van der Waals surface area contributed by atoms with Crippen LogP contribution in [0.4, 0.5) is 4.79 Å². The van der Waals surface area contributed by atoms with E-state index in [2.05, 4.69) is 10.2 Å². The van der Waals surface area contributed by atoms with E-state index in [9.17, 15) is 4.79 Å². The molecule has 3 unspecified atom stereocenters. The summed E-state index contributed by atoms with van der Waals surface area (Å²) in [4.78, 5) is 13.9. The number of piperidine rings is 1. The molecule has 0 spiro atoms. The SMILES string of the molecule is CC(C)(C)OC(=O)NC1CN2CCC1C2. The minimum absolute atomic E-state index is 0.277. The summed E-state index contributed by atoms with van der Waals surface area (Å²) in [6.45, 7) is 8.98. The Hall–Kier alpha value is -0.770. The lowest BCUT2D eigenvalue weighted by Gasteiger charge is -2.25. The molecule has 0 radical (unpaired) electrons. The molecule has 0 saturated carbocycles. The average molecular weight is 212 g/mol. The highest BCUT2D eigenvalue weighted by Gasteiger charge is 2.39. The molecule has 2 aliphatic rings. The Kier molecular flexibility index (Phi) is 2.63. The Bertz CT molecular complexity index is 260. The predicted octanol–water partition coefficient (Wildman–Crippen LogP) is 1.22. The van der Waals surface area contributed by atoms with Crippen molar-refractivity contribution in [1.29, 1.82) is 0 Å².